The van der Waals surface area contributed by atoms with Gasteiger partial charge in [-0.3, -0.25) is 4.79 Å². The van der Waals surface area contributed by atoms with Crippen LogP contribution in [-0.2, 0) is 4.79 Å². The number of likely N-dealkylation sites (tertiary alicyclic amines) is 1. The van der Waals surface area contributed by atoms with Gasteiger partial charge in [0.05, 0.1) is 5.54 Å². The maximum atomic E-state index is 12.5. The van der Waals surface area contributed by atoms with Crippen molar-refractivity contribution in [2.75, 3.05) is 13.1 Å². The van der Waals surface area contributed by atoms with Gasteiger partial charge in [-0.15, -0.1) is 0 Å². The highest BCUT2D eigenvalue weighted by atomic mass is 16.2. The molecule has 2 fully saturated rings. The van der Waals surface area contributed by atoms with Crippen molar-refractivity contribution in [3.8, 4) is 0 Å². The Balaban J connectivity index is 2.03. The van der Waals surface area contributed by atoms with Gasteiger partial charge in [0.2, 0.25) is 5.91 Å². The maximum Gasteiger partial charge on any atom is 0.242 e. The van der Waals surface area contributed by atoms with Crippen LogP contribution in [0.5, 0.6) is 0 Å². The molecule has 1 atom stereocenters. The molecule has 0 aromatic carbocycles. The Morgan fingerprint density at radius 3 is 2.41 bits per heavy atom. The smallest absolute Gasteiger partial charge is 0.242 e. The molecule has 0 aromatic rings. The van der Waals surface area contributed by atoms with E-state index in [9.17, 15) is 4.79 Å². The normalized spacial score (nSPS) is 26.9. The van der Waals surface area contributed by atoms with E-state index in [1.807, 2.05) is 11.8 Å². The summed E-state index contributed by atoms with van der Waals surface area (Å²) in [5.74, 6) is 0.608. The molecule has 3 heteroatoms. The van der Waals surface area contributed by atoms with Crippen molar-refractivity contribution in [2.45, 2.75) is 58.4 Å². The number of amides is 1. The summed E-state index contributed by atoms with van der Waals surface area (Å²) in [6.07, 6.45) is 5.72. The van der Waals surface area contributed by atoms with Crippen LogP contribution in [0.2, 0.25) is 0 Å². The summed E-state index contributed by atoms with van der Waals surface area (Å²) in [4.78, 5) is 14.5. The second kappa shape index (κ2) is 4.27. The Bertz CT molecular complexity index is 303. The van der Waals surface area contributed by atoms with E-state index in [1.165, 1.54) is 0 Å². The molecule has 1 amide bonds. The highest BCUT2D eigenvalue weighted by molar-refractivity contribution is 5.86. The average molecular weight is 238 g/mol. The van der Waals surface area contributed by atoms with Crippen LogP contribution in [0.25, 0.3) is 0 Å². The van der Waals surface area contributed by atoms with Gasteiger partial charge in [-0.2, -0.15) is 0 Å². The first-order chi connectivity index (χ1) is 7.95. The Morgan fingerprint density at radius 1 is 1.41 bits per heavy atom. The lowest BCUT2D eigenvalue weighted by Crippen LogP contribution is -2.54. The van der Waals surface area contributed by atoms with Crippen molar-refractivity contribution < 1.29 is 4.79 Å². The summed E-state index contributed by atoms with van der Waals surface area (Å²) in [5.41, 5.74) is 5.97. The molecule has 1 unspecified atom stereocenters. The Morgan fingerprint density at radius 2 is 2.00 bits per heavy atom. The van der Waals surface area contributed by atoms with Crippen molar-refractivity contribution in [3.63, 3.8) is 0 Å². The molecule has 2 rings (SSSR count). The van der Waals surface area contributed by atoms with Crippen molar-refractivity contribution >= 4 is 5.91 Å². The first-order valence-corrected chi connectivity index (χ1v) is 7.03. The minimum atomic E-state index is -0.614. The zero-order chi connectivity index (χ0) is 12.7. The minimum absolute atomic E-state index is 0.184. The Labute approximate surface area is 105 Å². The van der Waals surface area contributed by atoms with Crippen LogP contribution >= 0.6 is 0 Å². The standard InChI is InChI=1S/C14H26N2O/c1-4-14(5-2)8-9-16(10-14)12(17)13(3,15)11-6-7-11/h11H,4-10,15H2,1-3H3. The second-order valence-electron chi connectivity index (χ2n) is 6.24. The van der Waals surface area contributed by atoms with Gasteiger partial charge in [0.1, 0.15) is 0 Å². The monoisotopic (exact) mass is 238 g/mol. The largest absolute Gasteiger partial charge is 0.341 e. The second-order valence-corrected chi connectivity index (χ2v) is 6.24. The summed E-state index contributed by atoms with van der Waals surface area (Å²) in [5, 5.41) is 0. The molecule has 0 radical (unpaired) electrons. The van der Waals surface area contributed by atoms with E-state index in [2.05, 4.69) is 13.8 Å². The third-order valence-corrected chi connectivity index (χ3v) is 5.11. The molecule has 98 valence electrons. The lowest BCUT2D eigenvalue weighted by atomic mass is 9.82. The number of carbonyl (C=O) groups excluding carboxylic acids is 1. The maximum absolute atomic E-state index is 12.5. The van der Waals surface area contributed by atoms with Crippen LogP contribution in [0.4, 0.5) is 0 Å². The number of hydrogen-bond acceptors (Lipinski definition) is 2. The van der Waals surface area contributed by atoms with Crippen LogP contribution in [-0.4, -0.2) is 29.4 Å². The molecule has 2 N–H and O–H groups in total. The van der Waals surface area contributed by atoms with Crippen LogP contribution in [0, 0.1) is 11.3 Å². The lowest BCUT2D eigenvalue weighted by Gasteiger charge is -2.31. The van der Waals surface area contributed by atoms with Crippen molar-refractivity contribution in [1.82, 2.24) is 4.90 Å². The highest BCUT2D eigenvalue weighted by Gasteiger charge is 2.48. The molecule has 1 saturated carbocycles. The molecule has 0 bridgehead atoms. The van der Waals surface area contributed by atoms with Gasteiger partial charge in [-0.25, -0.2) is 0 Å². The molecule has 1 aliphatic heterocycles. The molecule has 1 aliphatic carbocycles. The van der Waals surface area contributed by atoms with E-state index in [-0.39, 0.29) is 5.91 Å². The molecule has 2 aliphatic rings. The van der Waals surface area contributed by atoms with E-state index < -0.39 is 5.54 Å². The Kier molecular flexibility index (Phi) is 3.23. The highest BCUT2D eigenvalue weighted by Crippen LogP contribution is 2.42. The molecule has 0 spiro atoms. The first kappa shape index (κ1) is 12.9. The van der Waals surface area contributed by atoms with Crippen molar-refractivity contribution in [3.05, 3.63) is 0 Å². The quantitative estimate of drug-likeness (QED) is 0.815. The van der Waals surface area contributed by atoms with Gasteiger partial charge in [0.25, 0.3) is 0 Å². The van der Waals surface area contributed by atoms with Gasteiger partial charge < -0.3 is 10.6 Å². The fraction of sp³-hybridized carbons (Fsp3) is 0.929. The average Bonchev–Trinajstić information content (AvgIpc) is 3.09. The third kappa shape index (κ3) is 2.22. The summed E-state index contributed by atoms with van der Waals surface area (Å²) in [6, 6.07) is 0. The van der Waals surface area contributed by atoms with E-state index in [0.717, 1.165) is 45.2 Å². The van der Waals surface area contributed by atoms with E-state index in [1.54, 1.807) is 0 Å². The van der Waals surface area contributed by atoms with Gasteiger partial charge in [-0.1, -0.05) is 13.8 Å². The van der Waals surface area contributed by atoms with Gasteiger partial charge in [-0.05, 0) is 50.4 Å². The summed E-state index contributed by atoms with van der Waals surface area (Å²) >= 11 is 0. The summed E-state index contributed by atoms with van der Waals surface area (Å²) in [6.45, 7) is 8.21. The van der Waals surface area contributed by atoms with Crippen LogP contribution in [0.15, 0.2) is 0 Å². The van der Waals surface area contributed by atoms with Gasteiger partial charge in [0.15, 0.2) is 0 Å². The topological polar surface area (TPSA) is 46.3 Å². The molecule has 1 heterocycles. The number of nitrogens with two attached hydrogens (primary N) is 1. The minimum Gasteiger partial charge on any atom is -0.341 e. The van der Waals surface area contributed by atoms with E-state index in [4.69, 9.17) is 5.73 Å². The van der Waals surface area contributed by atoms with Crippen molar-refractivity contribution in [1.29, 1.82) is 0 Å². The fourth-order valence-electron chi connectivity index (χ4n) is 3.13. The number of nitrogens with zero attached hydrogens (tertiary/aromatic N) is 1. The zero-order valence-corrected chi connectivity index (χ0v) is 11.5. The van der Waals surface area contributed by atoms with Crippen LogP contribution in [0.1, 0.15) is 52.9 Å². The SMILES string of the molecule is CCC1(CC)CCN(C(=O)C(C)(N)C2CC2)C1. The molecular weight excluding hydrogens is 212 g/mol. The van der Waals surface area contributed by atoms with E-state index in [0.29, 0.717) is 11.3 Å². The molecule has 17 heavy (non-hydrogen) atoms. The predicted molar refractivity (Wildman–Crippen MR) is 69.5 cm³/mol. The zero-order valence-electron chi connectivity index (χ0n) is 11.5. The van der Waals surface area contributed by atoms with Gasteiger partial charge in [0, 0.05) is 13.1 Å². The first-order valence-electron chi connectivity index (χ1n) is 7.03. The molecule has 1 saturated heterocycles. The number of hydrogen-bond donors (Lipinski definition) is 1. The van der Waals surface area contributed by atoms with E-state index >= 15 is 0 Å². The van der Waals surface area contributed by atoms with Crippen LogP contribution < -0.4 is 5.73 Å². The van der Waals surface area contributed by atoms with Crippen LogP contribution in [0.3, 0.4) is 0 Å². The summed E-state index contributed by atoms with van der Waals surface area (Å²) in [7, 11) is 0. The molecule has 3 nitrogen and oxygen atoms in total. The third-order valence-electron chi connectivity index (χ3n) is 5.11. The lowest BCUT2D eigenvalue weighted by molar-refractivity contribution is -0.136. The van der Waals surface area contributed by atoms with Gasteiger partial charge >= 0.3 is 0 Å². The number of carbonyl (C=O) groups is 1. The Hall–Kier alpha value is -0.570. The fourth-order valence-corrected chi connectivity index (χ4v) is 3.13. The molecule has 0 aromatic heterocycles. The molecular formula is C14H26N2O. The summed E-state index contributed by atoms with van der Waals surface area (Å²) < 4.78 is 0. The van der Waals surface area contributed by atoms with Crippen molar-refractivity contribution in [2.24, 2.45) is 17.1 Å². The predicted octanol–water partition coefficient (Wildman–Crippen LogP) is 2.15. The number of rotatable bonds is 4.